The molecule has 0 N–H and O–H groups in total. The number of ether oxygens (including phenoxy) is 1. The molecule has 0 fully saturated rings. The SMILES string of the molecule is Cc1cc(Oc2c([N+](=O)[O-])cc(C(F)(F)F)cc2[N+](=O)[O-])cc(C)c1Cl. The van der Waals surface area contributed by atoms with Gasteiger partial charge in [-0.25, -0.2) is 0 Å². The second-order valence-electron chi connectivity index (χ2n) is 5.33. The summed E-state index contributed by atoms with van der Waals surface area (Å²) in [6.07, 6.45) is -5.00. The van der Waals surface area contributed by atoms with Gasteiger partial charge in [0.25, 0.3) is 5.75 Å². The molecule has 0 amide bonds. The first-order valence-electron chi connectivity index (χ1n) is 6.90. The van der Waals surface area contributed by atoms with Crippen molar-refractivity contribution in [2.45, 2.75) is 20.0 Å². The van der Waals surface area contributed by atoms with E-state index in [4.69, 9.17) is 16.3 Å². The molecule has 0 bridgehead atoms. The summed E-state index contributed by atoms with van der Waals surface area (Å²) < 4.78 is 43.9. The zero-order valence-corrected chi connectivity index (χ0v) is 14.0. The number of hydrogen-bond acceptors (Lipinski definition) is 5. The largest absolute Gasteiger partial charge is 0.444 e. The third-order valence-electron chi connectivity index (χ3n) is 3.40. The van der Waals surface area contributed by atoms with Crippen molar-refractivity contribution in [3.63, 3.8) is 0 Å². The van der Waals surface area contributed by atoms with Crippen LogP contribution in [0.15, 0.2) is 24.3 Å². The molecule has 0 saturated heterocycles. The number of benzene rings is 2. The fourth-order valence-electron chi connectivity index (χ4n) is 2.22. The van der Waals surface area contributed by atoms with Crippen molar-refractivity contribution in [2.75, 3.05) is 0 Å². The van der Waals surface area contributed by atoms with Crippen LogP contribution >= 0.6 is 11.6 Å². The zero-order chi connectivity index (χ0) is 19.8. The third kappa shape index (κ3) is 3.85. The summed E-state index contributed by atoms with van der Waals surface area (Å²) in [6.45, 7) is 3.22. The lowest BCUT2D eigenvalue weighted by molar-refractivity contribution is -0.396. The topological polar surface area (TPSA) is 95.5 Å². The van der Waals surface area contributed by atoms with Gasteiger partial charge in [0.1, 0.15) is 5.75 Å². The minimum Gasteiger partial charge on any atom is -0.444 e. The lowest BCUT2D eigenvalue weighted by atomic mass is 10.1. The van der Waals surface area contributed by atoms with Crippen molar-refractivity contribution in [1.29, 1.82) is 0 Å². The van der Waals surface area contributed by atoms with Gasteiger partial charge in [0.15, 0.2) is 0 Å². The normalized spacial score (nSPS) is 11.3. The Morgan fingerprint density at radius 3 is 1.73 bits per heavy atom. The minimum atomic E-state index is -5.00. The van der Waals surface area contributed by atoms with E-state index in [-0.39, 0.29) is 17.9 Å². The van der Waals surface area contributed by atoms with Gasteiger partial charge < -0.3 is 4.74 Å². The quantitative estimate of drug-likeness (QED) is 0.501. The highest BCUT2D eigenvalue weighted by molar-refractivity contribution is 6.32. The first-order valence-corrected chi connectivity index (χ1v) is 7.28. The first kappa shape index (κ1) is 19.4. The van der Waals surface area contributed by atoms with Crippen LogP contribution in [0.25, 0.3) is 0 Å². The molecule has 0 unspecified atom stereocenters. The summed E-state index contributed by atoms with van der Waals surface area (Å²) in [5.41, 5.74) is -2.81. The van der Waals surface area contributed by atoms with Crippen molar-refractivity contribution in [3.8, 4) is 11.5 Å². The van der Waals surface area contributed by atoms with Gasteiger partial charge >= 0.3 is 17.6 Å². The second-order valence-corrected chi connectivity index (χ2v) is 5.71. The number of nitro groups is 2. The van der Waals surface area contributed by atoms with E-state index in [0.29, 0.717) is 16.1 Å². The monoisotopic (exact) mass is 390 g/mol. The number of rotatable bonds is 4. The Kier molecular flexibility index (Phi) is 5.08. The average Bonchev–Trinajstić information content (AvgIpc) is 2.50. The van der Waals surface area contributed by atoms with Gasteiger partial charge in [-0.15, -0.1) is 0 Å². The highest BCUT2D eigenvalue weighted by Gasteiger charge is 2.38. The molecule has 0 spiro atoms. The second kappa shape index (κ2) is 6.79. The maximum absolute atomic E-state index is 12.9. The molecule has 26 heavy (non-hydrogen) atoms. The Labute approximate surface area is 149 Å². The molecule has 2 aromatic carbocycles. The average molecular weight is 391 g/mol. The van der Waals surface area contributed by atoms with Crippen molar-refractivity contribution < 1.29 is 27.8 Å². The Hall–Kier alpha value is -2.88. The molecular weight excluding hydrogens is 381 g/mol. The molecule has 0 aliphatic carbocycles. The van der Waals surface area contributed by atoms with Crippen LogP contribution in [0.5, 0.6) is 11.5 Å². The Morgan fingerprint density at radius 2 is 1.38 bits per heavy atom. The fourth-order valence-corrected chi connectivity index (χ4v) is 2.33. The number of nitro benzene ring substituents is 2. The Morgan fingerprint density at radius 1 is 0.962 bits per heavy atom. The lowest BCUT2D eigenvalue weighted by Gasteiger charge is -2.12. The highest BCUT2D eigenvalue weighted by atomic mass is 35.5. The molecular formula is C15H10ClF3N2O5. The standard InChI is InChI=1S/C15H10ClF3N2O5/c1-7-3-10(4-8(2)13(7)16)26-14-11(20(22)23)5-9(15(17,18)19)6-12(14)21(24)25/h3-6H,1-2H3. The van der Waals surface area contributed by atoms with Gasteiger partial charge in [0.05, 0.1) is 15.4 Å². The minimum absolute atomic E-state index is 0.0321. The smallest absolute Gasteiger partial charge is 0.416 e. The van der Waals surface area contributed by atoms with Crippen LogP contribution < -0.4 is 4.74 Å². The highest BCUT2D eigenvalue weighted by Crippen LogP contribution is 2.45. The predicted molar refractivity (Wildman–Crippen MR) is 85.8 cm³/mol. The van der Waals surface area contributed by atoms with Crippen LogP contribution in [-0.2, 0) is 6.18 Å². The summed E-state index contributed by atoms with van der Waals surface area (Å²) in [4.78, 5) is 20.0. The molecule has 2 rings (SSSR count). The van der Waals surface area contributed by atoms with Gasteiger partial charge in [-0.2, -0.15) is 13.2 Å². The fraction of sp³-hybridized carbons (Fsp3) is 0.200. The van der Waals surface area contributed by atoms with E-state index in [9.17, 15) is 33.4 Å². The maximum atomic E-state index is 12.9. The van der Waals surface area contributed by atoms with Gasteiger partial charge in [0, 0.05) is 17.2 Å². The van der Waals surface area contributed by atoms with E-state index in [0.717, 1.165) is 0 Å². The molecule has 11 heteroatoms. The molecule has 0 aromatic heterocycles. The molecule has 0 aliphatic rings. The molecule has 0 atom stereocenters. The van der Waals surface area contributed by atoms with Gasteiger partial charge in [-0.05, 0) is 37.1 Å². The van der Waals surface area contributed by atoms with Crippen LogP contribution in [0.4, 0.5) is 24.5 Å². The first-order chi connectivity index (χ1) is 11.9. The number of alkyl halides is 3. The third-order valence-corrected chi connectivity index (χ3v) is 4.00. The molecule has 7 nitrogen and oxygen atoms in total. The number of nitrogens with zero attached hydrogens (tertiary/aromatic N) is 2. The Balaban J connectivity index is 2.70. The number of hydrogen-bond donors (Lipinski definition) is 0. The van der Waals surface area contributed by atoms with Crippen molar-refractivity contribution in [1.82, 2.24) is 0 Å². The molecule has 2 aromatic rings. The van der Waals surface area contributed by atoms with Crippen LogP contribution in [0.3, 0.4) is 0 Å². The van der Waals surface area contributed by atoms with Crippen LogP contribution in [0.2, 0.25) is 5.02 Å². The van der Waals surface area contributed by atoms with E-state index in [2.05, 4.69) is 0 Å². The molecule has 0 radical (unpaired) electrons. The number of halogens is 4. The predicted octanol–water partition coefficient (Wildman–Crippen LogP) is 5.58. The molecule has 138 valence electrons. The van der Waals surface area contributed by atoms with E-state index in [1.807, 2.05) is 0 Å². The summed E-state index contributed by atoms with van der Waals surface area (Å²) in [5.74, 6) is -0.926. The van der Waals surface area contributed by atoms with E-state index < -0.39 is 38.7 Å². The summed E-state index contributed by atoms with van der Waals surface area (Å²) in [6, 6.07) is 3.11. The van der Waals surface area contributed by atoms with Crippen molar-refractivity contribution in [2.24, 2.45) is 0 Å². The van der Waals surface area contributed by atoms with Gasteiger partial charge in [-0.1, -0.05) is 11.6 Å². The van der Waals surface area contributed by atoms with Gasteiger partial charge in [0.2, 0.25) is 0 Å². The lowest BCUT2D eigenvalue weighted by Crippen LogP contribution is -2.08. The zero-order valence-electron chi connectivity index (χ0n) is 13.3. The van der Waals surface area contributed by atoms with Gasteiger partial charge in [-0.3, -0.25) is 20.2 Å². The molecule has 0 saturated carbocycles. The van der Waals surface area contributed by atoms with E-state index >= 15 is 0 Å². The van der Waals surface area contributed by atoms with E-state index in [1.165, 1.54) is 12.1 Å². The maximum Gasteiger partial charge on any atom is 0.416 e. The molecule has 0 heterocycles. The molecule has 0 aliphatic heterocycles. The van der Waals surface area contributed by atoms with Crippen molar-refractivity contribution >= 4 is 23.0 Å². The van der Waals surface area contributed by atoms with E-state index in [1.54, 1.807) is 13.8 Å². The van der Waals surface area contributed by atoms with Crippen LogP contribution in [-0.4, -0.2) is 9.85 Å². The van der Waals surface area contributed by atoms with Crippen molar-refractivity contribution in [3.05, 3.63) is 66.2 Å². The summed E-state index contributed by atoms with van der Waals surface area (Å²) in [7, 11) is 0. The summed E-state index contributed by atoms with van der Waals surface area (Å²) >= 11 is 5.99. The van der Waals surface area contributed by atoms with Crippen LogP contribution in [0, 0.1) is 34.1 Å². The number of aryl methyl sites for hydroxylation is 2. The van der Waals surface area contributed by atoms with Crippen LogP contribution in [0.1, 0.15) is 16.7 Å². The summed E-state index contributed by atoms with van der Waals surface area (Å²) in [5, 5.41) is 22.7. The Bertz CT molecular complexity index is 857.